The Morgan fingerprint density at radius 2 is 2.05 bits per heavy atom. The third-order valence-corrected chi connectivity index (χ3v) is 4.02. The van der Waals surface area contributed by atoms with E-state index in [1.54, 1.807) is 12.1 Å². The Balaban J connectivity index is 1.98. The van der Waals surface area contributed by atoms with Gasteiger partial charge in [0.2, 0.25) is 0 Å². The molecule has 0 spiro atoms. The first-order valence-corrected chi connectivity index (χ1v) is 7.13. The van der Waals surface area contributed by atoms with E-state index in [1.807, 2.05) is 12.1 Å². The Labute approximate surface area is 115 Å². The van der Waals surface area contributed by atoms with E-state index in [0.29, 0.717) is 18.2 Å². The molecule has 0 aliphatic carbocycles. The van der Waals surface area contributed by atoms with Gasteiger partial charge in [-0.2, -0.15) is 5.26 Å². The maximum Gasteiger partial charge on any atom is 0.0991 e. The van der Waals surface area contributed by atoms with Gasteiger partial charge in [0.05, 0.1) is 17.7 Å². The van der Waals surface area contributed by atoms with E-state index in [1.165, 1.54) is 25.7 Å². The Bertz CT molecular complexity index is 435. The highest BCUT2D eigenvalue weighted by Crippen LogP contribution is 2.21. The number of nitrogens with zero attached hydrogens (tertiary/aromatic N) is 2. The summed E-state index contributed by atoms with van der Waals surface area (Å²) in [6, 6.07) is 9.89. The lowest BCUT2D eigenvalue weighted by Crippen LogP contribution is -2.36. The normalized spacial score (nSPS) is 22.5. The molecular formula is C16H22N2O. The molecule has 2 rings (SSSR count). The molecular weight excluding hydrogens is 236 g/mol. The van der Waals surface area contributed by atoms with Crippen molar-refractivity contribution in [1.82, 2.24) is 4.90 Å². The number of nitriles is 1. The quantitative estimate of drug-likeness (QED) is 0.907. The SMILES string of the molecule is CC1CCCCCN1CC(O)c1ccc(C#N)cc1. The fourth-order valence-electron chi connectivity index (χ4n) is 2.71. The number of aliphatic hydroxyl groups excluding tert-OH is 1. The van der Waals surface area contributed by atoms with Gasteiger partial charge in [0, 0.05) is 12.6 Å². The summed E-state index contributed by atoms with van der Waals surface area (Å²) in [5.41, 5.74) is 1.54. The van der Waals surface area contributed by atoms with Crippen molar-refractivity contribution < 1.29 is 5.11 Å². The van der Waals surface area contributed by atoms with Crippen molar-refractivity contribution in [2.45, 2.75) is 44.8 Å². The fraction of sp³-hybridized carbons (Fsp3) is 0.562. The van der Waals surface area contributed by atoms with E-state index in [9.17, 15) is 5.11 Å². The molecule has 1 saturated heterocycles. The van der Waals surface area contributed by atoms with Crippen LogP contribution < -0.4 is 0 Å². The first-order valence-electron chi connectivity index (χ1n) is 7.13. The van der Waals surface area contributed by atoms with Crippen molar-refractivity contribution in [3.8, 4) is 6.07 Å². The van der Waals surface area contributed by atoms with Crippen LogP contribution in [0.1, 0.15) is 49.8 Å². The molecule has 3 nitrogen and oxygen atoms in total. The summed E-state index contributed by atoms with van der Waals surface area (Å²) in [5.74, 6) is 0. The lowest BCUT2D eigenvalue weighted by atomic mass is 10.1. The minimum atomic E-state index is -0.465. The second kappa shape index (κ2) is 6.70. The van der Waals surface area contributed by atoms with E-state index in [4.69, 9.17) is 5.26 Å². The molecule has 0 radical (unpaired) electrons. The van der Waals surface area contributed by atoms with Crippen LogP contribution >= 0.6 is 0 Å². The number of aliphatic hydroxyl groups is 1. The van der Waals surface area contributed by atoms with Crippen LogP contribution in [-0.2, 0) is 0 Å². The monoisotopic (exact) mass is 258 g/mol. The van der Waals surface area contributed by atoms with Gasteiger partial charge in [-0.25, -0.2) is 0 Å². The van der Waals surface area contributed by atoms with Crippen molar-refractivity contribution >= 4 is 0 Å². The van der Waals surface area contributed by atoms with Crippen molar-refractivity contribution in [1.29, 1.82) is 5.26 Å². The van der Waals surface area contributed by atoms with E-state index >= 15 is 0 Å². The van der Waals surface area contributed by atoms with Gasteiger partial charge in [-0.15, -0.1) is 0 Å². The number of benzene rings is 1. The lowest BCUT2D eigenvalue weighted by Gasteiger charge is -2.29. The molecule has 102 valence electrons. The zero-order chi connectivity index (χ0) is 13.7. The molecule has 0 aromatic heterocycles. The molecule has 0 amide bonds. The van der Waals surface area contributed by atoms with E-state index in [-0.39, 0.29) is 0 Å². The predicted octanol–water partition coefficient (Wildman–Crippen LogP) is 2.86. The minimum absolute atomic E-state index is 0.465. The molecule has 1 fully saturated rings. The van der Waals surface area contributed by atoms with Crippen molar-refractivity contribution in [3.63, 3.8) is 0 Å². The molecule has 1 N–H and O–H groups in total. The number of rotatable bonds is 3. The summed E-state index contributed by atoms with van der Waals surface area (Å²) >= 11 is 0. The van der Waals surface area contributed by atoms with Crippen LogP contribution in [0.25, 0.3) is 0 Å². The molecule has 1 aromatic rings. The van der Waals surface area contributed by atoms with Crippen LogP contribution in [0.4, 0.5) is 0 Å². The summed E-state index contributed by atoms with van der Waals surface area (Å²) in [6.07, 6.45) is 4.58. The summed E-state index contributed by atoms with van der Waals surface area (Å²) < 4.78 is 0. The van der Waals surface area contributed by atoms with Crippen molar-refractivity contribution in [2.75, 3.05) is 13.1 Å². The Morgan fingerprint density at radius 3 is 2.74 bits per heavy atom. The first kappa shape index (κ1) is 14.0. The molecule has 1 aromatic carbocycles. The Hall–Kier alpha value is -1.37. The summed E-state index contributed by atoms with van der Waals surface area (Å²) in [7, 11) is 0. The molecule has 0 saturated carbocycles. The Kier molecular flexibility index (Phi) is 4.95. The summed E-state index contributed by atoms with van der Waals surface area (Å²) in [6.45, 7) is 4.01. The highest BCUT2D eigenvalue weighted by Gasteiger charge is 2.20. The van der Waals surface area contributed by atoms with Gasteiger partial charge in [0.15, 0.2) is 0 Å². The molecule has 2 atom stereocenters. The van der Waals surface area contributed by atoms with Gasteiger partial charge in [0.25, 0.3) is 0 Å². The first-order chi connectivity index (χ1) is 9.20. The van der Waals surface area contributed by atoms with E-state index < -0.39 is 6.10 Å². The fourth-order valence-corrected chi connectivity index (χ4v) is 2.71. The molecule has 19 heavy (non-hydrogen) atoms. The van der Waals surface area contributed by atoms with Crippen LogP contribution in [0.2, 0.25) is 0 Å². The van der Waals surface area contributed by atoms with Gasteiger partial charge in [-0.3, -0.25) is 4.90 Å². The van der Waals surface area contributed by atoms with Crippen LogP contribution in [-0.4, -0.2) is 29.1 Å². The van der Waals surface area contributed by atoms with Crippen LogP contribution in [0, 0.1) is 11.3 Å². The van der Waals surface area contributed by atoms with E-state index in [0.717, 1.165) is 12.1 Å². The number of hydrogen-bond donors (Lipinski definition) is 1. The smallest absolute Gasteiger partial charge is 0.0991 e. The largest absolute Gasteiger partial charge is 0.387 e. The number of β-amino-alcohol motifs (C(OH)–C–C–N with tert-alkyl or cyclic N) is 1. The third kappa shape index (κ3) is 3.79. The van der Waals surface area contributed by atoms with Crippen molar-refractivity contribution in [2.24, 2.45) is 0 Å². The zero-order valence-corrected chi connectivity index (χ0v) is 11.5. The summed E-state index contributed by atoms with van der Waals surface area (Å²) in [5, 5.41) is 19.1. The van der Waals surface area contributed by atoms with Crippen molar-refractivity contribution in [3.05, 3.63) is 35.4 Å². The van der Waals surface area contributed by atoms with Gasteiger partial charge >= 0.3 is 0 Å². The number of likely N-dealkylation sites (tertiary alicyclic amines) is 1. The topological polar surface area (TPSA) is 47.3 Å². The zero-order valence-electron chi connectivity index (χ0n) is 11.5. The maximum absolute atomic E-state index is 10.3. The Morgan fingerprint density at radius 1 is 1.32 bits per heavy atom. The van der Waals surface area contributed by atoms with Gasteiger partial charge < -0.3 is 5.11 Å². The van der Waals surface area contributed by atoms with Gasteiger partial charge in [-0.1, -0.05) is 25.0 Å². The molecule has 3 heteroatoms. The van der Waals surface area contributed by atoms with Crippen LogP contribution in [0.3, 0.4) is 0 Å². The highest BCUT2D eigenvalue weighted by atomic mass is 16.3. The van der Waals surface area contributed by atoms with Crippen LogP contribution in [0.5, 0.6) is 0 Å². The van der Waals surface area contributed by atoms with Gasteiger partial charge in [0.1, 0.15) is 0 Å². The van der Waals surface area contributed by atoms with E-state index in [2.05, 4.69) is 17.9 Å². The molecule has 2 unspecified atom stereocenters. The average Bonchev–Trinajstić information content (AvgIpc) is 2.64. The minimum Gasteiger partial charge on any atom is -0.387 e. The number of hydrogen-bond acceptors (Lipinski definition) is 3. The standard InChI is InChI=1S/C16H22N2O/c1-13-5-3-2-4-10-18(13)12-16(19)15-8-6-14(11-17)7-9-15/h6-9,13,16,19H,2-5,10,12H2,1H3. The van der Waals surface area contributed by atoms with Crippen LogP contribution in [0.15, 0.2) is 24.3 Å². The predicted molar refractivity (Wildman–Crippen MR) is 75.6 cm³/mol. The highest BCUT2D eigenvalue weighted by molar-refractivity contribution is 5.32. The summed E-state index contributed by atoms with van der Waals surface area (Å²) in [4.78, 5) is 2.38. The second-order valence-electron chi connectivity index (χ2n) is 5.44. The second-order valence-corrected chi connectivity index (χ2v) is 5.44. The molecule has 1 aliphatic heterocycles. The molecule has 1 aliphatic rings. The average molecular weight is 258 g/mol. The van der Waals surface area contributed by atoms with Gasteiger partial charge in [-0.05, 0) is 44.0 Å². The lowest BCUT2D eigenvalue weighted by molar-refractivity contribution is 0.0929. The molecule has 0 bridgehead atoms. The maximum atomic E-state index is 10.3. The third-order valence-electron chi connectivity index (χ3n) is 4.02. The molecule has 1 heterocycles.